The van der Waals surface area contributed by atoms with E-state index in [2.05, 4.69) is 33.9 Å². The number of hydrogen-bond donors (Lipinski definition) is 1. The van der Waals surface area contributed by atoms with Gasteiger partial charge in [-0.3, -0.25) is 0 Å². The largest absolute Gasteiger partial charge is 0.411 e. The molecule has 0 saturated heterocycles. The Morgan fingerprint density at radius 3 is 2.06 bits per heavy atom. The van der Waals surface area contributed by atoms with E-state index < -0.39 is 8.32 Å². The molecule has 0 unspecified atom stereocenters. The van der Waals surface area contributed by atoms with E-state index >= 15 is 0 Å². The van der Waals surface area contributed by atoms with Gasteiger partial charge in [0.05, 0.1) is 12.2 Å². The Morgan fingerprint density at radius 2 is 1.53 bits per heavy atom. The summed E-state index contributed by atoms with van der Waals surface area (Å²) in [5.41, 5.74) is 0. The molecule has 1 aliphatic rings. The van der Waals surface area contributed by atoms with E-state index in [-0.39, 0.29) is 17.2 Å². The number of rotatable bonds is 2. The number of hydrogen-bond acceptors (Lipinski definition) is 2. The van der Waals surface area contributed by atoms with Gasteiger partial charge in [-0.2, -0.15) is 0 Å². The van der Waals surface area contributed by atoms with E-state index in [1.165, 1.54) is 19.3 Å². The summed E-state index contributed by atoms with van der Waals surface area (Å²) >= 11 is 0. The number of aliphatic hydroxyl groups excluding tert-OH is 1. The summed E-state index contributed by atoms with van der Waals surface area (Å²) in [6.45, 7) is 11.3. The van der Waals surface area contributed by atoms with Gasteiger partial charge in [0.1, 0.15) is 0 Å². The van der Waals surface area contributed by atoms with Gasteiger partial charge in [0, 0.05) is 0 Å². The van der Waals surface area contributed by atoms with Gasteiger partial charge in [0.2, 0.25) is 0 Å². The van der Waals surface area contributed by atoms with Crippen molar-refractivity contribution in [3.05, 3.63) is 0 Å². The molecule has 3 heteroatoms. The first-order valence-corrected chi connectivity index (χ1v) is 10.0. The lowest BCUT2D eigenvalue weighted by atomic mass is 9.96. The molecule has 0 aromatic heterocycles. The molecule has 0 radical (unpaired) electrons. The van der Waals surface area contributed by atoms with Gasteiger partial charge in [-0.25, -0.2) is 0 Å². The van der Waals surface area contributed by atoms with Crippen LogP contribution in [0.4, 0.5) is 0 Å². The molecular weight excluding hydrogens is 228 g/mol. The van der Waals surface area contributed by atoms with Gasteiger partial charge >= 0.3 is 0 Å². The Kier molecular flexibility index (Phi) is 5.23. The van der Waals surface area contributed by atoms with Gasteiger partial charge in [0.25, 0.3) is 0 Å². The first-order chi connectivity index (χ1) is 7.74. The first kappa shape index (κ1) is 15.2. The predicted molar refractivity (Wildman–Crippen MR) is 75.8 cm³/mol. The molecule has 0 heterocycles. The molecule has 0 aromatic carbocycles. The van der Waals surface area contributed by atoms with E-state index in [1.807, 2.05) is 0 Å². The van der Waals surface area contributed by atoms with Crippen LogP contribution in [0.15, 0.2) is 0 Å². The van der Waals surface area contributed by atoms with Gasteiger partial charge in [-0.15, -0.1) is 0 Å². The van der Waals surface area contributed by atoms with Gasteiger partial charge in [-0.1, -0.05) is 46.5 Å². The van der Waals surface area contributed by atoms with Crippen molar-refractivity contribution in [1.82, 2.24) is 0 Å². The minimum absolute atomic E-state index is 0.0798. The maximum absolute atomic E-state index is 10.2. The van der Waals surface area contributed by atoms with Crippen LogP contribution in [0.1, 0.15) is 59.3 Å². The third kappa shape index (κ3) is 4.38. The highest BCUT2D eigenvalue weighted by molar-refractivity contribution is 6.74. The zero-order valence-corrected chi connectivity index (χ0v) is 13.3. The van der Waals surface area contributed by atoms with Gasteiger partial charge < -0.3 is 9.53 Å². The van der Waals surface area contributed by atoms with Crippen molar-refractivity contribution in [3.63, 3.8) is 0 Å². The molecule has 0 amide bonds. The smallest absolute Gasteiger partial charge is 0.192 e. The van der Waals surface area contributed by atoms with E-state index in [1.54, 1.807) is 0 Å². The average molecular weight is 258 g/mol. The van der Waals surface area contributed by atoms with Crippen molar-refractivity contribution in [3.8, 4) is 0 Å². The van der Waals surface area contributed by atoms with Crippen molar-refractivity contribution in [1.29, 1.82) is 0 Å². The van der Waals surface area contributed by atoms with Crippen LogP contribution < -0.4 is 0 Å². The molecule has 0 bridgehead atoms. The Hall–Kier alpha value is 0.137. The molecule has 1 saturated carbocycles. The Bertz CT molecular complexity index is 233. The lowest BCUT2D eigenvalue weighted by molar-refractivity contribution is 0.0106. The molecule has 2 nitrogen and oxygen atoms in total. The molecule has 17 heavy (non-hydrogen) atoms. The van der Waals surface area contributed by atoms with Crippen LogP contribution in [-0.2, 0) is 4.43 Å². The standard InChI is InChI=1S/C14H30O2Si/c1-14(2,3)17(4,5)16-13-11-9-7-6-8-10-12(13)15/h12-13,15H,6-11H2,1-5H3/t12-,13+/m1/s1. The van der Waals surface area contributed by atoms with E-state index in [4.69, 9.17) is 4.43 Å². The third-order valence-corrected chi connectivity index (χ3v) is 8.92. The minimum atomic E-state index is -1.73. The summed E-state index contributed by atoms with van der Waals surface area (Å²) in [5, 5.41) is 10.4. The van der Waals surface area contributed by atoms with Crippen LogP contribution in [0.3, 0.4) is 0 Å². The number of aliphatic hydroxyl groups is 1. The first-order valence-electron chi connectivity index (χ1n) is 7.10. The lowest BCUT2D eigenvalue weighted by Gasteiger charge is -2.41. The van der Waals surface area contributed by atoms with Crippen LogP contribution in [0.25, 0.3) is 0 Å². The van der Waals surface area contributed by atoms with Crippen LogP contribution >= 0.6 is 0 Å². The Balaban J connectivity index is 2.63. The SMILES string of the molecule is CC(C)(C)[Si](C)(C)O[C@H]1CCCCCC[C@H]1O. The molecule has 1 fully saturated rings. The fourth-order valence-corrected chi connectivity index (χ4v) is 3.51. The summed E-state index contributed by atoms with van der Waals surface area (Å²) in [5.74, 6) is 0. The topological polar surface area (TPSA) is 29.5 Å². The normalized spacial score (nSPS) is 28.6. The van der Waals surface area contributed by atoms with Crippen molar-refractivity contribution in [2.24, 2.45) is 0 Å². The highest BCUT2D eigenvalue weighted by Crippen LogP contribution is 2.38. The maximum Gasteiger partial charge on any atom is 0.192 e. The van der Waals surface area contributed by atoms with Crippen molar-refractivity contribution >= 4 is 8.32 Å². The van der Waals surface area contributed by atoms with Crippen LogP contribution in [0.5, 0.6) is 0 Å². The summed E-state index contributed by atoms with van der Waals surface area (Å²) in [6.07, 6.45) is 6.70. The fourth-order valence-electron chi connectivity index (χ4n) is 2.12. The minimum Gasteiger partial charge on any atom is -0.411 e. The highest BCUT2D eigenvalue weighted by Gasteiger charge is 2.40. The second-order valence-electron chi connectivity index (χ2n) is 6.98. The molecule has 1 rings (SSSR count). The maximum atomic E-state index is 10.2. The van der Waals surface area contributed by atoms with E-state index in [0.717, 1.165) is 19.3 Å². The molecule has 0 aliphatic heterocycles. The molecule has 0 aromatic rings. The molecule has 0 spiro atoms. The van der Waals surface area contributed by atoms with E-state index in [0.29, 0.717) is 0 Å². The summed E-state index contributed by atoms with van der Waals surface area (Å²) in [4.78, 5) is 0. The third-order valence-electron chi connectivity index (χ3n) is 4.42. The van der Waals surface area contributed by atoms with Crippen molar-refractivity contribution in [2.75, 3.05) is 0 Å². The molecule has 1 N–H and O–H groups in total. The summed E-state index contributed by atoms with van der Waals surface area (Å²) in [7, 11) is -1.73. The quantitative estimate of drug-likeness (QED) is 0.756. The molecule has 2 atom stereocenters. The monoisotopic (exact) mass is 258 g/mol. The second kappa shape index (κ2) is 5.85. The second-order valence-corrected chi connectivity index (χ2v) is 11.7. The van der Waals surface area contributed by atoms with Crippen molar-refractivity contribution in [2.45, 2.75) is 89.6 Å². The fraction of sp³-hybridized carbons (Fsp3) is 1.00. The molecular formula is C14H30O2Si. The Morgan fingerprint density at radius 1 is 1.00 bits per heavy atom. The highest BCUT2D eigenvalue weighted by atomic mass is 28.4. The van der Waals surface area contributed by atoms with Crippen molar-refractivity contribution < 1.29 is 9.53 Å². The Labute approximate surface area is 108 Å². The average Bonchev–Trinajstić information content (AvgIpc) is 2.16. The van der Waals surface area contributed by atoms with Gasteiger partial charge in [-0.05, 0) is 31.0 Å². The lowest BCUT2D eigenvalue weighted by Crippen LogP contribution is -2.47. The zero-order valence-electron chi connectivity index (χ0n) is 12.3. The summed E-state index contributed by atoms with van der Waals surface area (Å²) in [6, 6.07) is 0. The van der Waals surface area contributed by atoms with Crippen LogP contribution in [0, 0.1) is 0 Å². The molecule has 1 aliphatic carbocycles. The van der Waals surface area contributed by atoms with Crippen LogP contribution in [-0.4, -0.2) is 25.6 Å². The van der Waals surface area contributed by atoms with Crippen LogP contribution in [0.2, 0.25) is 18.1 Å². The van der Waals surface area contributed by atoms with Gasteiger partial charge in [0.15, 0.2) is 8.32 Å². The zero-order chi connectivity index (χ0) is 13.1. The summed E-state index contributed by atoms with van der Waals surface area (Å²) < 4.78 is 6.38. The predicted octanol–water partition coefficient (Wildman–Crippen LogP) is 4.09. The molecule has 102 valence electrons. The van der Waals surface area contributed by atoms with E-state index in [9.17, 15) is 5.11 Å².